The Kier molecular flexibility index (Phi) is 24.5. The van der Waals surface area contributed by atoms with Gasteiger partial charge in [-0.3, -0.25) is 19.2 Å². The number of unbranched alkanes of at least 4 members (excludes halogenated alkanes) is 2. The number of carboxylic acid groups (broad SMARTS) is 1. The lowest BCUT2D eigenvalue weighted by atomic mass is 9.79. The monoisotopic (exact) mass is 874 g/mol. The Balaban J connectivity index is 1.72. The maximum atomic E-state index is 13.4. The van der Waals surface area contributed by atoms with E-state index in [0.717, 1.165) is 61.8 Å². The van der Waals surface area contributed by atoms with E-state index in [4.69, 9.17) is 9.47 Å². The number of nitrogens with zero attached hydrogens (tertiary/aromatic N) is 1. The van der Waals surface area contributed by atoms with Crippen LogP contribution in [0, 0.1) is 29.6 Å². The lowest BCUT2D eigenvalue weighted by Gasteiger charge is -2.35. The van der Waals surface area contributed by atoms with Gasteiger partial charge in [0.05, 0.1) is 12.2 Å². The van der Waals surface area contributed by atoms with Crippen LogP contribution in [0.15, 0.2) is 47.6 Å². The van der Waals surface area contributed by atoms with E-state index in [-0.39, 0.29) is 48.9 Å². The van der Waals surface area contributed by atoms with Crippen molar-refractivity contribution in [3.05, 3.63) is 47.6 Å². The van der Waals surface area contributed by atoms with Crippen LogP contribution in [0.3, 0.4) is 0 Å². The van der Waals surface area contributed by atoms with Crippen LogP contribution in [0.2, 0.25) is 0 Å². The first-order valence-corrected chi connectivity index (χ1v) is 22.9. The molecule has 13 nitrogen and oxygen atoms in total. The van der Waals surface area contributed by atoms with Gasteiger partial charge in [0.15, 0.2) is 5.78 Å². The zero-order valence-corrected chi connectivity index (χ0v) is 38.8. The molecule has 0 bridgehead atoms. The van der Waals surface area contributed by atoms with Crippen LogP contribution in [0.4, 0.5) is 0 Å². The van der Waals surface area contributed by atoms with Crippen molar-refractivity contribution in [2.24, 2.45) is 29.6 Å². The first-order valence-electron chi connectivity index (χ1n) is 22.9. The fourth-order valence-electron chi connectivity index (χ4n) is 8.72. The highest BCUT2D eigenvalue weighted by molar-refractivity contribution is 6.39. The number of ketones is 3. The Labute approximate surface area is 370 Å². The zero-order valence-electron chi connectivity index (χ0n) is 38.8. The number of aliphatic hydroxyl groups is 4. The molecule has 0 aromatic heterocycles. The predicted molar refractivity (Wildman–Crippen MR) is 239 cm³/mol. The molecule has 0 radical (unpaired) electrons. The molecule has 2 fully saturated rings. The van der Waals surface area contributed by atoms with Crippen LogP contribution in [-0.2, 0) is 33.4 Å². The standard InChI is InChI=1S/C49H79NO12/c1-32(18-12-10-14-20-37(6)49(59,60)46(55)47(56)50-28-16-15-21-40(50)48(57)58)17-11-9-13-19-33(2)29-36(5)44(54)45(62-8)43(53)35(4)23-26-39(51)25-22-34(3)30-38-24-27-41(52)42(31-38)61-7/h9,11,13,17,19,23,33-34,36-38,40-43,45,52-53,59-60H,10,12,14-16,18,20-22,24-31H2,1-8H3,(H,57,58)/b11-9+,19-13+,32-17+,35-23+/t33-,34+,36-,37-,38+,40+,41-,42-,43-,45?/m1/s1. The number of amides is 1. The Bertz CT molecular complexity index is 1560. The van der Waals surface area contributed by atoms with E-state index in [0.29, 0.717) is 55.9 Å². The Hall–Kier alpha value is -3.33. The quantitative estimate of drug-likeness (QED) is 0.0180. The molecule has 1 aliphatic heterocycles. The van der Waals surface area contributed by atoms with Crippen LogP contribution in [0.5, 0.6) is 0 Å². The van der Waals surface area contributed by atoms with Crippen LogP contribution in [-0.4, -0.2) is 117 Å². The van der Waals surface area contributed by atoms with Gasteiger partial charge in [-0.05, 0) is 114 Å². The Morgan fingerprint density at radius 2 is 1.60 bits per heavy atom. The van der Waals surface area contributed by atoms with Gasteiger partial charge < -0.3 is 39.9 Å². The van der Waals surface area contributed by atoms with Crippen molar-refractivity contribution in [1.29, 1.82) is 0 Å². The minimum atomic E-state index is -2.87. The van der Waals surface area contributed by atoms with Crippen LogP contribution < -0.4 is 0 Å². The van der Waals surface area contributed by atoms with Gasteiger partial charge in [-0.1, -0.05) is 82.6 Å². The summed E-state index contributed by atoms with van der Waals surface area (Å²) in [5, 5.41) is 51.7. The zero-order chi connectivity index (χ0) is 46.6. The third kappa shape index (κ3) is 18.0. The van der Waals surface area contributed by atoms with E-state index in [1.165, 1.54) is 14.0 Å². The van der Waals surface area contributed by atoms with Gasteiger partial charge in [-0.15, -0.1) is 0 Å². The van der Waals surface area contributed by atoms with Crippen LogP contribution in [0.1, 0.15) is 144 Å². The molecular formula is C49H79NO12. The number of carbonyl (C=O) groups excluding carboxylic acids is 4. The molecule has 0 aromatic carbocycles. The molecule has 1 aliphatic carbocycles. The van der Waals surface area contributed by atoms with E-state index in [9.17, 15) is 49.5 Å². The number of aliphatic hydroxyl groups excluding tert-OH is 2. The second kappa shape index (κ2) is 27.8. The lowest BCUT2D eigenvalue weighted by molar-refractivity contribution is -0.205. The number of methoxy groups -OCH3 is 2. The molecule has 0 spiro atoms. The molecule has 1 amide bonds. The van der Waals surface area contributed by atoms with Gasteiger partial charge >= 0.3 is 5.97 Å². The molecule has 1 saturated heterocycles. The summed E-state index contributed by atoms with van der Waals surface area (Å²) in [7, 11) is 3.05. The van der Waals surface area contributed by atoms with Gasteiger partial charge in [0, 0.05) is 45.4 Å². The number of carbonyl (C=O) groups is 5. The molecule has 10 atom stereocenters. The van der Waals surface area contributed by atoms with Gasteiger partial charge in [-0.25, -0.2) is 4.79 Å². The van der Waals surface area contributed by atoms with Crippen molar-refractivity contribution in [2.75, 3.05) is 20.8 Å². The van der Waals surface area contributed by atoms with Crippen LogP contribution in [0.25, 0.3) is 0 Å². The summed E-state index contributed by atoms with van der Waals surface area (Å²) >= 11 is 0. The highest BCUT2D eigenvalue weighted by Crippen LogP contribution is 2.32. The summed E-state index contributed by atoms with van der Waals surface area (Å²) in [6, 6.07) is -1.14. The first-order chi connectivity index (χ1) is 29.2. The van der Waals surface area contributed by atoms with Crippen molar-refractivity contribution in [3.8, 4) is 0 Å². The minimum absolute atomic E-state index is 0.0832. The highest BCUT2D eigenvalue weighted by atomic mass is 16.5. The number of ether oxygens (including phenoxy) is 2. The number of hydrogen-bond acceptors (Lipinski definition) is 11. The lowest BCUT2D eigenvalue weighted by Crippen LogP contribution is -2.57. The van der Waals surface area contributed by atoms with E-state index in [2.05, 4.69) is 6.92 Å². The summed E-state index contributed by atoms with van der Waals surface area (Å²) in [6.45, 7) is 11.4. The SMILES string of the molecule is COC(C(=O)[C@H](C)C[C@H](C)/C=C/C=C/C=C(\C)CCCCC[C@@H](C)C(O)(O)C(=O)C(=O)N1CCCC[C@H]1C(=O)O)[C@H](O)/C(C)=C/CC(=O)CC[C@H](C)C[C@@H]1CC[C@@H](O)[C@H](OC)C1. The van der Waals surface area contributed by atoms with E-state index in [1.807, 2.05) is 51.2 Å². The molecule has 5 N–H and O–H groups in total. The van der Waals surface area contributed by atoms with Gasteiger partial charge in [0.1, 0.15) is 24.0 Å². The smallest absolute Gasteiger partial charge is 0.326 e. The molecule has 1 unspecified atom stereocenters. The maximum absolute atomic E-state index is 13.4. The average Bonchev–Trinajstić information content (AvgIpc) is 3.24. The third-order valence-electron chi connectivity index (χ3n) is 13.0. The average molecular weight is 874 g/mol. The number of hydrogen-bond donors (Lipinski definition) is 5. The minimum Gasteiger partial charge on any atom is -0.480 e. The van der Waals surface area contributed by atoms with Crippen molar-refractivity contribution < 1.29 is 59.0 Å². The van der Waals surface area contributed by atoms with Crippen LogP contribution >= 0.6 is 0 Å². The summed E-state index contributed by atoms with van der Waals surface area (Å²) < 4.78 is 10.9. The number of carboxylic acids is 1. The van der Waals surface area contributed by atoms with Crippen molar-refractivity contribution in [3.63, 3.8) is 0 Å². The predicted octanol–water partition coefficient (Wildman–Crippen LogP) is 6.84. The van der Waals surface area contributed by atoms with Crippen molar-refractivity contribution in [1.82, 2.24) is 4.90 Å². The number of Topliss-reactive ketones (excluding diaryl/α,β-unsaturated/α-hetero) is 3. The van der Waals surface area contributed by atoms with E-state index in [1.54, 1.807) is 20.1 Å². The molecule has 0 aromatic rings. The number of likely N-dealkylation sites (tertiary alicyclic amines) is 1. The topological polar surface area (TPSA) is 208 Å². The third-order valence-corrected chi connectivity index (χ3v) is 13.0. The summed E-state index contributed by atoms with van der Waals surface area (Å²) in [6.07, 6.45) is 19.2. The number of rotatable bonds is 28. The van der Waals surface area contributed by atoms with Gasteiger partial charge in [0.25, 0.3) is 11.7 Å². The molecule has 352 valence electrons. The fourth-order valence-corrected chi connectivity index (χ4v) is 8.72. The molecule has 2 rings (SSSR count). The first kappa shape index (κ1) is 54.8. The van der Waals surface area contributed by atoms with Crippen molar-refractivity contribution in [2.45, 2.75) is 181 Å². The summed E-state index contributed by atoms with van der Waals surface area (Å²) in [5.74, 6) is -7.07. The Morgan fingerprint density at radius 3 is 2.26 bits per heavy atom. The van der Waals surface area contributed by atoms with Crippen molar-refractivity contribution >= 4 is 29.2 Å². The molecule has 13 heteroatoms. The normalized spacial score (nSPS) is 23.5. The van der Waals surface area contributed by atoms with Gasteiger partial charge in [0.2, 0.25) is 5.79 Å². The number of aliphatic carboxylic acids is 1. The second-order valence-electron chi connectivity index (χ2n) is 18.4. The molecular weight excluding hydrogens is 795 g/mol. The number of piperidine rings is 1. The highest BCUT2D eigenvalue weighted by Gasteiger charge is 2.47. The van der Waals surface area contributed by atoms with E-state index < -0.39 is 53.7 Å². The Morgan fingerprint density at radius 1 is 0.887 bits per heavy atom. The summed E-state index contributed by atoms with van der Waals surface area (Å²) in [4.78, 5) is 64.1. The summed E-state index contributed by atoms with van der Waals surface area (Å²) in [5.41, 5.74) is 1.69. The molecule has 1 heterocycles. The second-order valence-corrected chi connectivity index (χ2v) is 18.4. The fraction of sp³-hybridized carbons (Fsp3) is 0.735. The number of allylic oxidation sites excluding steroid dienone is 7. The molecule has 1 saturated carbocycles. The van der Waals surface area contributed by atoms with E-state index >= 15 is 0 Å². The maximum Gasteiger partial charge on any atom is 0.326 e. The molecule has 2 aliphatic rings. The van der Waals surface area contributed by atoms with Gasteiger partial charge in [-0.2, -0.15) is 0 Å². The molecule has 62 heavy (non-hydrogen) atoms. The largest absolute Gasteiger partial charge is 0.480 e.